The van der Waals surface area contributed by atoms with E-state index in [1.165, 1.54) is 11.3 Å². The molecular formula is C12H15N5OS. The Balaban J connectivity index is 1.95. The first kappa shape index (κ1) is 13.6. The summed E-state index contributed by atoms with van der Waals surface area (Å²) in [4.78, 5) is 24.3. The number of aromatic nitrogens is 3. The van der Waals surface area contributed by atoms with Crippen molar-refractivity contribution in [1.29, 1.82) is 0 Å². The van der Waals surface area contributed by atoms with Gasteiger partial charge >= 0.3 is 0 Å². The zero-order chi connectivity index (χ0) is 13.8. The molecular weight excluding hydrogens is 262 g/mol. The van der Waals surface area contributed by atoms with Crippen LogP contribution in [0.2, 0.25) is 0 Å². The first-order valence-corrected chi connectivity index (χ1v) is 6.71. The molecule has 100 valence electrons. The van der Waals surface area contributed by atoms with Gasteiger partial charge in [-0.25, -0.2) is 4.98 Å². The molecule has 2 aromatic heterocycles. The molecule has 0 aromatic carbocycles. The second-order valence-corrected chi connectivity index (χ2v) is 5.08. The maximum Gasteiger partial charge on any atom is 0.271 e. The summed E-state index contributed by atoms with van der Waals surface area (Å²) < 4.78 is 0. The second-order valence-electron chi connectivity index (χ2n) is 4.19. The van der Waals surface area contributed by atoms with Gasteiger partial charge in [-0.15, -0.1) is 11.3 Å². The third-order valence-corrected chi connectivity index (χ3v) is 3.45. The van der Waals surface area contributed by atoms with Crippen molar-refractivity contribution < 1.29 is 4.79 Å². The van der Waals surface area contributed by atoms with Crippen molar-refractivity contribution in [2.24, 2.45) is 5.73 Å². The van der Waals surface area contributed by atoms with E-state index in [2.05, 4.69) is 20.3 Å². The lowest BCUT2D eigenvalue weighted by molar-refractivity contribution is 0.0946. The monoisotopic (exact) mass is 277 g/mol. The van der Waals surface area contributed by atoms with Crippen molar-refractivity contribution in [2.45, 2.75) is 26.4 Å². The number of hydrogen-bond donors (Lipinski definition) is 2. The smallest absolute Gasteiger partial charge is 0.271 e. The quantitative estimate of drug-likeness (QED) is 0.875. The lowest BCUT2D eigenvalue weighted by atomic mass is 10.3. The number of thiazole rings is 1. The normalized spacial score (nSPS) is 12.2. The highest BCUT2D eigenvalue weighted by Gasteiger charge is 2.12. The van der Waals surface area contributed by atoms with Crippen molar-refractivity contribution in [2.75, 3.05) is 0 Å². The topological polar surface area (TPSA) is 93.8 Å². The fourth-order valence-electron chi connectivity index (χ4n) is 1.37. The third-order valence-electron chi connectivity index (χ3n) is 2.41. The Labute approximate surface area is 115 Å². The summed E-state index contributed by atoms with van der Waals surface area (Å²) in [5, 5.41) is 5.20. The van der Waals surface area contributed by atoms with Gasteiger partial charge in [-0.3, -0.25) is 14.8 Å². The molecule has 19 heavy (non-hydrogen) atoms. The average molecular weight is 277 g/mol. The molecule has 0 aliphatic heterocycles. The number of nitrogens with one attached hydrogen (secondary N) is 1. The van der Waals surface area contributed by atoms with Gasteiger partial charge < -0.3 is 11.1 Å². The molecule has 2 aromatic rings. The molecule has 0 saturated carbocycles. The van der Waals surface area contributed by atoms with Crippen molar-refractivity contribution in [1.82, 2.24) is 20.3 Å². The van der Waals surface area contributed by atoms with Crippen LogP contribution in [0.5, 0.6) is 0 Å². The van der Waals surface area contributed by atoms with Gasteiger partial charge in [0.2, 0.25) is 0 Å². The number of hydrogen-bond acceptors (Lipinski definition) is 6. The van der Waals surface area contributed by atoms with Crippen LogP contribution in [0.1, 0.15) is 39.8 Å². The van der Waals surface area contributed by atoms with E-state index in [1.807, 2.05) is 13.8 Å². The molecule has 0 aliphatic rings. The maximum atomic E-state index is 11.9. The zero-order valence-electron chi connectivity index (χ0n) is 10.8. The van der Waals surface area contributed by atoms with Crippen LogP contribution in [0, 0.1) is 6.92 Å². The van der Waals surface area contributed by atoms with Crippen LogP contribution in [-0.4, -0.2) is 20.9 Å². The van der Waals surface area contributed by atoms with E-state index in [1.54, 1.807) is 17.8 Å². The molecule has 1 atom stereocenters. The summed E-state index contributed by atoms with van der Waals surface area (Å²) >= 11 is 1.38. The molecule has 6 nitrogen and oxygen atoms in total. The van der Waals surface area contributed by atoms with Gasteiger partial charge in [0.05, 0.1) is 30.2 Å². The minimum atomic E-state index is -0.231. The Hall–Kier alpha value is -1.86. The van der Waals surface area contributed by atoms with Crippen LogP contribution in [0.3, 0.4) is 0 Å². The highest BCUT2D eigenvalue weighted by molar-refractivity contribution is 7.09. The van der Waals surface area contributed by atoms with E-state index < -0.39 is 0 Å². The summed E-state index contributed by atoms with van der Waals surface area (Å²) in [6.45, 7) is 4.03. The van der Waals surface area contributed by atoms with Gasteiger partial charge in [-0.1, -0.05) is 0 Å². The molecule has 0 fully saturated rings. The predicted octanol–water partition coefficient (Wildman–Crippen LogP) is 1.19. The molecule has 2 rings (SSSR count). The number of nitrogens with zero attached hydrogens (tertiary/aromatic N) is 3. The second kappa shape index (κ2) is 5.85. The molecule has 7 heteroatoms. The average Bonchev–Trinajstić information content (AvgIpc) is 2.87. The van der Waals surface area contributed by atoms with Crippen molar-refractivity contribution in [3.05, 3.63) is 39.9 Å². The molecule has 0 spiro atoms. The number of rotatable bonds is 4. The van der Waals surface area contributed by atoms with Crippen molar-refractivity contribution in [3.8, 4) is 0 Å². The molecule has 0 saturated heterocycles. The summed E-state index contributed by atoms with van der Waals surface area (Å²) in [7, 11) is 0. The van der Waals surface area contributed by atoms with Crippen LogP contribution in [0.4, 0.5) is 0 Å². The van der Waals surface area contributed by atoms with Crippen LogP contribution in [0.15, 0.2) is 17.8 Å². The van der Waals surface area contributed by atoms with Gasteiger partial charge in [-0.2, -0.15) is 0 Å². The van der Waals surface area contributed by atoms with Crippen molar-refractivity contribution >= 4 is 17.2 Å². The Morgan fingerprint density at radius 1 is 1.47 bits per heavy atom. The number of aryl methyl sites for hydroxylation is 1. The van der Waals surface area contributed by atoms with E-state index in [0.717, 1.165) is 10.7 Å². The molecule has 2 heterocycles. The van der Waals surface area contributed by atoms with Gasteiger partial charge in [0.25, 0.3) is 5.91 Å². The number of amides is 1. The van der Waals surface area contributed by atoms with Crippen LogP contribution in [0.25, 0.3) is 0 Å². The molecule has 0 radical (unpaired) electrons. The van der Waals surface area contributed by atoms with Gasteiger partial charge in [0.1, 0.15) is 10.7 Å². The lowest BCUT2D eigenvalue weighted by Crippen LogP contribution is -2.24. The number of carbonyl (C=O) groups excluding carboxylic acids is 1. The fraction of sp³-hybridized carbons (Fsp3) is 0.333. The van der Waals surface area contributed by atoms with Crippen LogP contribution >= 0.6 is 11.3 Å². The third kappa shape index (κ3) is 3.55. The fourth-order valence-corrected chi connectivity index (χ4v) is 2.13. The molecule has 0 aliphatic carbocycles. The lowest BCUT2D eigenvalue weighted by Gasteiger charge is -2.02. The molecule has 1 amide bonds. The van der Waals surface area contributed by atoms with Crippen molar-refractivity contribution in [3.63, 3.8) is 0 Å². The highest BCUT2D eigenvalue weighted by Crippen LogP contribution is 2.15. The summed E-state index contributed by atoms with van der Waals surface area (Å²) in [6, 6.07) is -0.158. The minimum Gasteiger partial charge on any atom is -0.345 e. The molecule has 1 unspecified atom stereocenters. The SMILES string of the molecule is Cc1cnc(CNC(=O)c2csc(C(C)N)n2)cn1. The summed E-state index contributed by atoms with van der Waals surface area (Å²) in [6.07, 6.45) is 3.31. The van der Waals surface area contributed by atoms with Gasteiger partial charge in [0, 0.05) is 11.6 Å². The van der Waals surface area contributed by atoms with Crippen LogP contribution in [-0.2, 0) is 6.54 Å². The Morgan fingerprint density at radius 3 is 2.84 bits per heavy atom. The Kier molecular flexibility index (Phi) is 4.18. The largest absolute Gasteiger partial charge is 0.345 e. The maximum absolute atomic E-state index is 11.9. The summed E-state index contributed by atoms with van der Waals surface area (Å²) in [5.74, 6) is -0.231. The van der Waals surface area contributed by atoms with E-state index in [-0.39, 0.29) is 11.9 Å². The first-order chi connectivity index (χ1) is 9.06. The van der Waals surface area contributed by atoms with E-state index in [4.69, 9.17) is 5.73 Å². The minimum absolute atomic E-state index is 0.158. The van der Waals surface area contributed by atoms with E-state index in [0.29, 0.717) is 17.9 Å². The van der Waals surface area contributed by atoms with Gasteiger partial charge in [-0.05, 0) is 13.8 Å². The molecule has 0 bridgehead atoms. The van der Waals surface area contributed by atoms with E-state index in [9.17, 15) is 4.79 Å². The Morgan fingerprint density at radius 2 is 2.26 bits per heavy atom. The van der Waals surface area contributed by atoms with E-state index >= 15 is 0 Å². The predicted molar refractivity (Wildman–Crippen MR) is 72.7 cm³/mol. The van der Waals surface area contributed by atoms with Crippen LogP contribution < -0.4 is 11.1 Å². The van der Waals surface area contributed by atoms with Gasteiger partial charge in [0.15, 0.2) is 0 Å². The number of nitrogens with two attached hydrogens (primary N) is 1. The first-order valence-electron chi connectivity index (χ1n) is 5.83. The summed E-state index contributed by atoms with van der Waals surface area (Å²) in [5.41, 5.74) is 7.64. The zero-order valence-corrected chi connectivity index (χ0v) is 11.6. The highest BCUT2D eigenvalue weighted by atomic mass is 32.1. The molecule has 3 N–H and O–H groups in total. The standard InChI is InChI=1S/C12H15N5OS/c1-7-3-15-9(4-14-7)5-16-11(18)10-6-19-12(17-10)8(2)13/h3-4,6,8H,5,13H2,1-2H3,(H,16,18). The Bertz CT molecular complexity index is 564. The number of carbonyl (C=O) groups is 1.